The lowest BCUT2D eigenvalue weighted by Gasteiger charge is -1.93. The van der Waals surface area contributed by atoms with Gasteiger partial charge in [0, 0.05) is 12.1 Å². The van der Waals surface area contributed by atoms with Gasteiger partial charge in [-0.25, -0.2) is 4.79 Å². The molecule has 0 fully saturated rings. The van der Waals surface area contributed by atoms with E-state index in [1.807, 2.05) is 0 Å². The maximum atomic E-state index is 10.5. The van der Waals surface area contributed by atoms with E-state index < -0.39 is 11.9 Å². The van der Waals surface area contributed by atoms with Crippen molar-refractivity contribution in [3.8, 4) is 0 Å². The Morgan fingerprint density at radius 3 is 2.31 bits per heavy atom. The minimum absolute atomic E-state index is 0.0555. The minimum Gasteiger partial charge on any atom is -0.478 e. The van der Waals surface area contributed by atoms with Gasteiger partial charge >= 0.3 is 5.97 Å². The Labute approximate surface area is 74.4 Å². The number of aromatic carboxylic acids is 1. The fraction of sp³-hybridized carbons (Fsp3) is 0.125. The smallest absolute Gasteiger partial charge is 0.336 e. The third-order valence-electron chi connectivity index (χ3n) is 1.48. The van der Waals surface area contributed by atoms with E-state index in [0.717, 1.165) is 0 Å². The van der Waals surface area contributed by atoms with Crippen molar-refractivity contribution in [1.29, 1.82) is 0 Å². The molecule has 0 bridgehead atoms. The van der Waals surface area contributed by atoms with Gasteiger partial charge in [0.1, 0.15) is 0 Å². The molecule has 0 aliphatic carbocycles. The molecule has 1 aromatic rings. The van der Waals surface area contributed by atoms with Crippen LogP contribution in [-0.2, 0) is 11.3 Å². The second-order valence-corrected chi connectivity index (χ2v) is 2.53. The molecule has 0 spiro atoms. The van der Waals surface area contributed by atoms with Crippen LogP contribution in [0.25, 0.3) is 0 Å². The van der Waals surface area contributed by atoms with E-state index in [1.165, 1.54) is 29.1 Å². The third kappa shape index (κ3) is 2.55. The molecule has 0 aliphatic heterocycles. The van der Waals surface area contributed by atoms with E-state index >= 15 is 0 Å². The highest BCUT2D eigenvalue weighted by Crippen LogP contribution is 1.93. The number of nitrogens with two attached hydrogens (primary N) is 1. The van der Waals surface area contributed by atoms with Crippen LogP contribution in [0.2, 0.25) is 0 Å². The Hall–Kier alpha value is -1.91. The normalized spacial score (nSPS) is 9.54. The standard InChI is InChI=1S/C8H8N2O3/c9-7(11)5-10-3-1-6(2-4-10)8(12)13/h1-4H,5H2,(H2-,9,11,12,13)/p+1. The molecule has 0 aromatic carbocycles. The Morgan fingerprint density at radius 2 is 1.92 bits per heavy atom. The molecule has 1 heterocycles. The van der Waals surface area contributed by atoms with Crippen LogP contribution in [0.5, 0.6) is 0 Å². The summed E-state index contributed by atoms with van der Waals surface area (Å²) in [5, 5.41) is 8.56. The molecule has 68 valence electrons. The number of amides is 1. The number of hydrogen-bond donors (Lipinski definition) is 2. The molecule has 3 N–H and O–H groups in total. The number of rotatable bonds is 3. The van der Waals surface area contributed by atoms with Gasteiger partial charge in [-0.15, -0.1) is 0 Å². The highest BCUT2D eigenvalue weighted by Gasteiger charge is 2.07. The Morgan fingerprint density at radius 1 is 1.38 bits per heavy atom. The highest BCUT2D eigenvalue weighted by molar-refractivity contribution is 5.87. The number of carbonyl (C=O) groups excluding carboxylic acids is 1. The first-order valence-corrected chi connectivity index (χ1v) is 3.60. The van der Waals surface area contributed by atoms with Crippen LogP contribution in [-0.4, -0.2) is 17.0 Å². The maximum absolute atomic E-state index is 10.5. The predicted molar refractivity (Wildman–Crippen MR) is 42.8 cm³/mol. The molecule has 1 amide bonds. The van der Waals surface area contributed by atoms with Crippen LogP contribution in [0.1, 0.15) is 10.4 Å². The molecule has 5 heteroatoms. The molecule has 1 aromatic heterocycles. The average molecular weight is 181 g/mol. The van der Waals surface area contributed by atoms with Gasteiger partial charge in [-0.2, -0.15) is 4.57 Å². The van der Waals surface area contributed by atoms with Gasteiger partial charge in [0.25, 0.3) is 5.91 Å². The summed E-state index contributed by atoms with van der Waals surface area (Å²) in [4.78, 5) is 20.9. The van der Waals surface area contributed by atoms with Crippen LogP contribution in [0.3, 0.4) is 0 Å². The van der Waals surface area contributed by atoms with Crippen LogP contribution in [0.15, 0.2) is 24.5 Å². The Balaban J connectivity index is 2.81. The van der Waals surface area contributed by atoms with Gasteiger partial charge < -0.3 is 10.8 Å². The molecule has 0 radical (unpaired) electrons. The van der Waals surface area contributed by atoms with Crippen LogP contribution >= 0.6 is 0 Å². The van der Waals surface area contributed by atoms with Crippen molar-refractivity contribution in [3.63, 3.8) is 0 Å². The average Bonchev–Trinajstić information content (AvgIpc) is 2.04. The molecular formula is C8H9N2O3+. The number of carbonyl (C=O) groups is 2. The molecule has 0 saturated carbocycles. The fourth-order valence-electron chi connectivity index (χ4n) is 0.885. The summed E-state index contributed by atoms with van der Waals surface area (Å²) in [5.41, 5.74) is 5.13. The molecular weight excluding hydrogens is 172 g/mol. The summed E-state index contributed by atoms with van der Waals surface area (Å²) < 4.78 is 1.51. The van der Waals surface area contributed by atoms with E-state index in [9.17, 15) is 9.59 Å². The zero-order valence-electron chi connectivity index (χ0n) is 6.80. The zero-order valence-corrected chi connectivity index (χ0v) is 6.80. The minimum atomic E-state index is -0.994. The van der Waals surface area contributed by atoms with Crippen molar-refractivity contribution in [2.75, 3.05) is 0 Å². The number of nitrogens with zero attached hydrogens (tertiary/aromatic N) is 1. The first-order chi connectivity index (χ1) is 6.09. The molecule has 5 nitrogen and oxygen atoms in total. The number of aromatic nitrogens is 1. The lowest BCUT2D eigenvalue weighted by Crippen LogP contribution is -2.40. The highest BCUT2D eigenvalue weighted by atomic mass is 16.4. The fourth-order valence-corrected chi connectivity index (χ4v) is 0.885. The second-order valence-electron chi connectivity index (χ2n) is 2.53. The molecule has 13 heavy (non-hydrogen) atoms. The predicted octanol–water partition coefficient (Wildman–Crippen LogP) is -0.842. The van der Waals surface area contributed by atoms with E-state index in [2.05, 4.69) is 0 Å². The largest absolute Gasteiger partial charge is 0.478 e. The summed E-state index contributed by atoms with van der Waals surface area (Å²) in [6, 6.07) is 2.82. The van der Waals surface area contributed by atoms with Crippen molar-refractivity contribution in [1.82, 2.24) is 0 Å². The van der Waals surface area contributed by atoms with Gasteiger partial charge in [-0.05, 0) is 0 Å². The van der Waals surface area contributed by atoms with Crippen LogP contribution < -0.4 is 10.3 Å². The van der Waals surface area contributed by atoms with E-state index in [4.69, 9.17) is 10.8 Å². The molecule has 0 atom stereocenters. The Kier molecular flexibility index (Phi) is 2.59. The summed E-state index contributed by atoms with van der Waals surface area (Å²) in [5.74, 6) is -1.46. The number of carboxylic acids is 1. The number of hydrogen-bond acceptors (Lipinski definition) is 2. The second kappa shape index (κ2) is 3.66. The van der Waals surface area contributed by atoms with Crippen LogP contribution in [0, 0.1) is 0 Å². The maximum Gasteiger partial charge on any atom is 0.336 e. The summed E-state index contributed by atoms with van der Waals surface area (Å²) in [7, 11) is 0. The van der Waals surface area contributed by atoms with Gasteiger partial charge in [-0.3, -0.25) is 4.79 Å². The monoisotopic (exact) mass is 181 g/mol. The van der Waals surface area contributed by atoms with Crippen LogP contribution in [0.4, 0.5) is 0 Å². The van der Waals surface area contributed by atoms with Gasteiger partial charge in [-0.1, -0.05) is 0 Å². The number of primary amides is 1. The summed E-state index contributed by atoms with van der Waals surface area (Å²) in [6.07, 6.45) is 2.99. The van der Waals surface area contributed by atoms with Gasteiger partial charge in [0.05, 0.1) is 5.56 Å². The van der Waals surface area contributed by atoms with Gasteiger partial charge in [0.15, 0.2) is 12.4 Å². The molecule has 0 aliphatic rings. The van der Waals surface area contributed by atoms with Crippen molar-refractivity contribution in [2.45, 2.75) is 6.54 Å². The van der Waals surface area contributed by atoms with E-state index in [0.29, 0.717) is 0 Å². The van der Waals surface area contributed by atoms with Crippen molar-refractivity contribution >= 4 is 11.9 Å². The number of carboxylic acid groups (broad SMARTS) is 1. The SMILES string of the molecule is NC(=O)C[n+]1ccc(C(=O)O)cc1. The van der Waals surface area contributed by atoms with Crippen molar-refractivity contribution in [2.24, 2.45) is 5.73 Å². The first-order valence-electron chi connectivity index (χ1n) is 3.60. The number of pyridine rings is 1. The molecule has 0 saturated heterocycles. The zero-order chi connectivity index (χ0) is 9.84. The summed E-state index contributed by atoms with van der Waals surface area (Å²) in [6.45, 7) is 0.0555. The van der Waals surface area contributed by atoms with E-state index in [1.54, 1.807) is 0 Å². The van der Waals surface area contributed by atoms with Gasteiger partial charge in [0.2, 0.25) is 6.54 Å². The van der Waals surface area contributed by atoms with E-state index in [-0.39, 0.29) is 12.1 Å². The van der Waals surface area contributed by atoms with Crippen molar-refractivity contribution < 1.29 is 19.3 Å². The first kappa shape index (κ1) is 9.18. The quantitative estimate of drug-likeness (QED) is 0.596. The lowest BCUT2D eigenvalue weighted by atomic mass is 10.3. The molecule has 1 rings (SSSR count). The van der Waals surface area contributed by atoms with Crippen molar-refractivity contribution in [3.05, 3.63) is 30.1 Å². The molecule has 0 unspecified atom stereocenters. The summed E-state index contributed by atoms with van der Waals surface area (Å²) >= 11 is 0. The topological polar surface area (TPSA) is 84.3 Å². The third-order valence-corrected chi connectivity index (χ3v) is 1.48. The lowest BCUT2D eigenvalue weighted by molar-refractivity contribution is -0.684. The Bertz CT molecular complexity index is 332.